The van der Waals surface area contributed by atoms with Gasteiger partial charge in [-0.15, -0.1) is 22.7 Å². The van der Waals surface area contributed by atoms with Crippen LogP contribution in [0.2, 0.25) is 0 Å². The van der Waals surface area contributed by atoms with Gasteiger partial charge < -0.3 is 9.55 Å². The Labute approximate surface area is 182 Å². The van der Waals surface area contributed by atoms with Gasteiger partial charge >= 0.3 is 0 Å². The highest BCUT2D eigenvalue weighted by Gasteiger charge is 2.25. The predicted molar refractivity (Wildman–Crippen MR) is 123 cm³/mol. The fraction of sp³-hybridized carbons (Fsp3) is 0.348. The summed E-state index contributed by atoms with van der Waals surface area (Å²) in [7, 11) is 0. The van der Waals surface area contributed by atoms with Crippen molar-refractivity contribution in [2.45, 2.75) is 53.4 Å². The second-order valence-corrected chi connectivity index (χ2v) is 10.3. The number of aromatic amines is 1. The summed E-state index contributed by atoms with van der Waals surface area (Å²) in [6.07, 6.45) is 4.39. The van der Waals surface area contributed by atoms with E-state index in [1.165, 1.54) is 16.9 Å². The molecule has 5 rings (SSSR count). The third-order valence-electron chi connectivity index (χ3n) is 6.19. The second kappa shape index (κ2) is 6.93. The van der Waals surface area contributed by atoms with E-state index in [1.807, 2.05) is 27.7 Å². The van der Waals surface area contributed by atoms with Crippen LogP contribution in [0, 0.1) is 39.0 Å². The van der Waals surface area contributed by atoms with Gasteiger partial charge in [0.15, 0.2) is 0 Å². The highest BCUT2D eigenvalue weighted by atomic mass is 32.1. The van der Waals surface area contributed by atoms with Gasteiger partial charge in [0.25, 0.3) is 5.56 Å². The average Bonchev–Trinajstić information content (AvgIpc) is 3.32. The van der Waals surface area contributed by atoms with Crippen molar-refractivity contribution in [3.63, 3.8) is 0 Å². The van der Waals surface area contributed by atoms with Crippen LogP contribution >= 0.6 is 22.7 Å². The van der Waals surface area contributed by atoms with Gasteiger partial charge in [0.2, 0.25) is 0 Å². The minimum absolute atomic E-state index is 0.0917. The molecule has 30 heavy (non-hydrogen) atoms. The van der Waals surface area contributed by atoms with Crippen molar-refractivity contribution in [1.29, 1.82) is 5.26 Å². The first-order valence-corrected chi connectivity index (χ1v) is 11.8. The number of rotatable bonds is 2. The van der Waals surface area contributed by atoms with Crippen molar-refractivity contribution in [3.8, 4) is 22.5 Å². The standard InChI is InChI=1S/C23H22N4OS2/c1-11-9-16(20-25-21(28)19-12(2)14(4)29-22(19)26-20)13(3)27(11)23-17(10-24)15-7-5-6-8-18(15)30-23/h9H,5-8H2,1-4H3,(H,25,26,28). The van der Waals surface area contributed by atoms with E-state index < -0.39 is 0 Å². The predicted octanol–water partition coefficient (Wildman–Crippen LogP) is 5.49. The smallest absolute Gasteiger partial charge is 0.260 e. The zero-order chi connectivity index (χ0) is 21.2. The highest BCUT2D eigenvalue weighted by Crippen LogP contribution is 2.39. The van der Waals surface area contributed by atoms with E-state index in [0.29, 0.717) is 11.2 Å². The Bertz CT molecular complexity index is 1420. The lowest BCUT2D eigenvalue weighted by Crippen LogP contribution is -2.09. The number of fused-ring (bicyclic) bond motifs is 2. The van der Waals surface area contributed by atoms with E-state index in [1.54, 1.807) is 22.7 Å². The zero-order valence-corrected chi connectivity index (χ0v) is 19.1. The van der Waals surface area contributed by atoms with Gasteiger partial charge in [0, 0.05) is 26.7 Å². The van der Waals surface area contributed by atoms with E-state index in [2.05, 4.69) is 21.7 Å². The Balaban J connectivity index is 1.71. The van der Waals surface area contributed by atoms with Crippen LogP contribution in [0.15, 0.2) is 10.9 Å². The molecule has 1 N–H and O–H groups in total. The molecule has 0 radical (unpaired) electrons. The van der Waals surface area contributed by atoms with Gasteiger partial charge in [-0.2, -0.15) is 5.26 Å². The number of aromatic nitrogens is 3. The molecule has 152 valence electrons. The third kappa shape index (κ3) is 2.71. The summed E-state index contributed by atoms with van der Waals surface area (Å²) in [4.78, 5) is 23.8. The van der Waals surface area contributed by atoms with Gasteiger partial charge in [0.1, 0.15) is 21.7 Å². The fourth-order valence-corrected chi connectivity index (χ4v) is 7.00. The van der Waals surface area contributed by atoms with Crippen LogP contribution in [0.3, 0.4) is 0 Å². The summed E-state index contributed by atoms with van der Waals surface area (Å²) in [6, 6.07) is 4.53. The molecule has 0 atom stereocenters. The SMILES string of the molecule is Cc1sc2nc(-c3cc(C)n(-c4sc5c(c4C#N)CCCC5)c3C)[nH]c(=O)c2c1C. The van der Waals surface area contributed by atoms with E-state index in [9.17, 15) is 10.1 Å². The van der Waals surface area contributed by atoms with Crippen molar-refractivity contribution in [2.75, 3.05) is 0 Å². The molecule has 0 saturated carbocycles. The molecule has 0 fully saturated rings. The summed E-state index contributed by atoms with van der Waals surface area (Å²) >= 11 is 3.30. The Hall–Kier alpha value is -2.69. The molecular weight excluding hydrogens is 412 g/mol. The highest BCUT2D eigenvalue weighted by molar-refractivity contribution is 7.18. The Morgan fingerprint density at radius 3 is 2.70 bits per heavy atom. The summed E-state index contributed by atoms with van der Waals surface area (Å²) in [5, 5.41) is 11.6. The summed E-state index contributed by atoms with van der Waals surface area (Å²) < 4.78 is 2.16. The van der Waals surface area contributed by atoms with Crippen molar-refractivity contribution >= 4 is 32.9 Å². The number of nitrogens with one attached hydrogen (secondary N) is 1. The quantitative estimate of drug-likeness (QED) is 0.453. The van der Waals surface area contributed by atoms with Crippen molar-refractivity contribution in [3.05, 3.63) is 54.3 Å². The average molecular weight is 435 g/mol. The largest absolute Gasteiger partial charge is 0.308 e. The number of nitriles is 1. The number of hydrogen-bond acceptors (Lipinski definition) is 5. The first-order valence-electron chi connectivity index (χ1n) is 10.1. The molecule has 0 aliphatic heterocycles. The first-order chi connectivity index (χ1) is 14.4. The third-order valence-corrected chi connectivity index (χ3v) is 8.57. The topological polar surface area (TPSA) is 74.5 Å². The fourth-order valence-electron chi connectivity index (χ4n) is 4.52. The van der Waals surface area contributed by atoms with E-state index in [0.717, 1.165) is 62.0 Å². The van der Waals surface area contributed by atoms with Gasteiger partial charge in [0.05, 0.1) is 10.9 Å². The number of hydrogen-bond donors (Lipinski definition) is 1. The summed E-state index contributed by atoms with van der Waals surface area (Å²) in [5.41, 5.74) is 5.90. The lowest BCUT2D eigenvalue weighted by Gasteiger charge is -2.10. The van der Waals surface area contributed by atoms with Crippen LogP contribution in [0.25, 0.3) is 26.6 Å². The molecule has 0 amide bonds. The van der Waals surface area contributed by atoms with Gasteiger partial charge in [-0.3, -0.25) is 4.79 Å². The maximum absolute atomic E-state index is 12.8. The molecule has 4 heterocycles. The minimum Gasteiger partial charge on any atom is -0.308 e. The minimum atomic E-state index is -0.0917. The molecule has 7 heteroatoms. The number of thiophene rings is 2. The number of aryl methyl sites for hydroxylation is 4. The molecule has 0 unspecified atom stereocenters. The molecule has 4 aromatic rings. The van der Waals surface area contributed by atoms with Crippen LogP contribution < -0.4 is 5.56 Å². The lowest BCUT2D eigenvalue weighted by atomic mass is 9.96. The lowest BCUT2D eigenvalue weighted by molar-refractivity contribution is 0.695. The van der Waals surface area contributed by atoms with Crippen molar-refractivity contribution in [1.82, 2.24) is 14.5 Å². The van der Waals surface area contributed by atoms with E-state index in [4.69, 9.17) is 4.98 Å². The maximum atomic E-state index is 12.8. The second-order valence-electron chi connectivity index (χ2n) is 8.00. The normalized spacial score (nSPS) is 13.6. The molecular formula is C23H22N4OS2. The Morgan fingerprint density at radius 2 is 1.93 bits per heavy atom. The van der Waals surface area contributed by atoms with Crippen LogP contribution in [-0.4, -0.2) is 14.5 Å². The zero-order valence-electron chi connectivity index (χ0n) is 17.5. The van der Waals surface area contributed by atoms with Crippen LogP contribution in [0.1, 0.15) is 50.7 Å². The van der Waals surface area contributed by atoms with E-state index in [-0.39, 0.29) is 5.56 Å². The molecule has 0 spiro atoms. The molecule has 0 saturated heterocycles. The van der Waals surface area contributed by atoms with Gasteiger partial charge in [-0.25, -0.2) is 4.98 Å². The molecule has 4 aromatic heterocycles. The van der Waals surface area contributed by atoms with Gasteiger partial charge in [-0.05, 0) is 70.6 Å². The molecule has 1 aliphatic rings. The summed E-state index contributed by atoms with van der Waals surface area (Å²) in [6.45, 7) is 8.08. The van der Waals surface area contributed by atoms with Crippen LogP contribution in [0.4, 0.5) is 0 Å². The first kappa shape index (κ1) is 19.3. The van der Waals surface area contributed by atoms with Crippen molar-refractivity contribution in [2.24, 2.45) is 0 Å². The Morgan fingerprint density at radius 1 is 1.17 bits per heavy atom. The molecule has 0 bridgehead atoms. The summed E-state index contributed by atoms with van der Waals surface area (Å²) in [5.74, 6) is 0.591. The Kier molecular flexibility index (Phi) is 4.46. The maximum Gasteiger partial charge on any atom is 0.260 e. The van der Waals surface area contributed by atoms with E-state index >= 15 is 0 Å². The monoisotopic (exact) mass is 434 g/mol. The number of H-pyrrole nitrogens is 1. The molecule has 0 aromatic carbocycles. The van der Waals surface area contributed by atoms with Crippen molar-refractivity contribution < 1.29 is 0 Å². The molecule has 5 nitrogen and oxygen atoms in total. The van der Waals surface area contributed by atoms with Crippen LogP contribution in [-0.2, 0) is 12.8 Å². The molecule has 1 aliphatic carbocycles. The van der Waals surface area contributed by atoms with Crippen LogP contribution in [0.5, 0.6) is 0 Å². The van der Waals surface area contributed by atoms with Gasteiger partial charge in [-0.1, -0.05) is 0 Å². The number of nitrogens with zero attached hydrogens (tertiary/aromatic N) is 3.